The Morgan fingerprint density at radius 3 is 2.18 bits per heavy atom. The zero-order valence-electron chi connectivity index (χ0n) is 13.0. The first-order chi connectivity index (χ1) is 10.6. The predicted octanol–water partition coefficient (Wildman–Crippen LogP) is 2.79. The minimum Gasteiger partial charge on any atom is -0.467 e. The third-order valence-corrected chi connectivity index (χ3v) is 3.94. The van der Waals surface area contributed by atoms with Gasteiger partial charge in [0, 0.05) is 0 Å². The van der Waals surface area contributed by atoms with Gasteiger partial charge in [-0.15, -0.1) is 0 Å². The smallest absolute Gasteiger partial charge is 0.329 e. The van der Waals surface area contributed by atoms with Gasteiger partial charge in [-0.2, -0.15) is 0 Å². The summed E-state index contributed by atoms with van der Waals surface area (Å²) >= 11 is 0. The molecule has 0 saturated carbocycles. The number of hydrogen-bond acceptors (Lipinski definition) is 4. The van der Waals surface area contributed by atoms with E-state index in [1.54, 1.807) is 24.3 Å². The molecule has 1 aromatic carbocycles. The van der Waals surface area contributed by atoms with Gasteiger partial charge in [0.2, 0.25) is 0 Å². The Bertz CT molecular complexity index is 547. The fourth-order valence-corrected chi connectivity index (χ4v) is 2.74. The van der Waals surface area contributed by atoms with Crippen molar-refractivity contribution in [3.8, 4) is 0 Å². The Morgan fingerprint density at radius 1 is 1.09 bits per heavy atom. The van der Waals surface area contributed by atoms with Crippen molar-refractivity contribution >= 4 is 17.8 Å². The molecule has 5 nitrogen and oxygen atoms in total. The van der Waals surface area contributed by atoms with Crippen LogP contribution in [-0.4, -0.2) is 35.8 Å². The summed E-state index contributed by atoms with van der Waals surface area (Å²) in [6.07, 6.45) is 4.33. The molecule has 1 unspecified atom stereocenters. The standard InChI is InChI=1S/C17H21NO4/c1-3-4-5-6-11-14(17(21)22-2)18-15(19)12-9-7-8-10-13(12)16(18)20/h7-10,14H,3-6,11H2,1-2H3. The SMILES string of the molecule is CCCCCCC(C(=O)OC)N1C(=O)c2ccccc2C1=O. The summed E-state index contributed by atoms with van der Waals surface area (Å²) in [6.45, 7) is 2.10. The van der Waals surface area contributed by atoms with E-state index in [2.05, 4.69) is 6.92 Å². The molecular formula is C17H21NO4. The quantitative estimate of drug-likeness (QED) is 0.441. The number of amides is 2. The summed E-state index contributed by atoms with van der Waals surface area (Å²) in [5.41, 5.74) is 0.713. The van der Waals surface area contributed by atoms with Crippen LogP contribution < -0.4 is 0 Å². The minimum absolute atomic E-state index is 0.356. The first-order valence-corrected chi connectivity index (χ1v) is 7.66. The van der Waals surface area contributed by atoms with Crippen molar-refractivity contribution in [1.82, 2.24) is 4.90 Å². The zero-order valence-corrected chi connectivity index (χ0v) is 13.0. The maximum Gasteiger partial charge on any atom is 0.329 e. The maximum atomic E-state index is 12.5. The molecule has 1 aliphatic rings. The Labute approximate surface area is 130 Å². The van der Waals surface area contributed by atoms with E-state index in [0.29, 0.717) is 17.5 Å². The first kappa shape index (κ1) is 16.2. The van der Waals surface area contributed by atoms with E-state index in [4.69, 9.17) is 4.74 Å². The summed E-state index contributed by atoms with van der Waals surface area (Å²) in [4.78, 5) is 38.0. The Balaban J connectivity index is 2.20. The number of esters is 1. The number of unbranched alkanes of at least 4 members (excludes halogenated alkanes) is 3. The second-order valence-corrected chi connectivity index (χ2v) is 5.41. The highest BCUT2D eigenvalue weighted by atomic mass is 16.5. The molecule has 2 rings (SSSR count). The van der Waals surface area contributed by atoms with Crippen molar-refractivity contribution in [2.75, 3.05) is 7.11 Å². The van der Waals surface area contributed by atoms with Gasteiger partial charge in [0.25, 0.3) is 11.8 Å². The van der Waals surface area contributed by atoms with Gasteiger partial charge in [0.1, 0.15) is 6.04 Å². The number of imide groups is 1. The van der Waals surface area contributed by atoms with Gasteiger partial charge in [-0.25, -0.2) is 4.79 Å². The lowest BCUT2D eigenvalue weighted by atomic mass is 10.1. The number of carbonyl (C=O) groups excluding carboxylic acids is 3. The predicted molar refractivity (Wildman–Crippen MR) is 81.5 cm³/mol. The fourth-order valence-electron chi connectivity index (χ4n) is 2.74. The van der Waals surface area contributed by atoms with Crippen molar-refractivity contribution in [3.63, 3.8) is 0 Å². The minimum atomic E-state index is -0.839. The zero-order chi connectivity index (χ0) is 16.1. The molecule has 5 heteroatoms. The van der Waals surface area contributed by atoms with E-state index >= 15 is 0 Å². The van der Waals surface area contributed by atoms with Crippen LogP contribution in [0.3, 0.4) is 0 Å². The van der Waals surface area contributed by atoms with Gasteiger partial charge in [0.15, 0.2) is 0 Å². The van der Waals surface area contributed by atoms with Crippen molar-refractivity contribution in [2.24, 2.45) is 0 Å². The highest BCUT2D eigenvalue weighted by Crippen LogP contribution is 2.26. The highest BCUT2D eigenvalue weighted by molar-refractivity contribution is 6.22. The van der Waals surface area contributed by atoms with Crippen LogP contribution >= 0.6 is 0 Å². The Hall–Kier alpha value is -2.17. The van der Waals surface area contributed by atoms with Crippen LogP contribution in [0.4, 0.5) is 0 Å². The average Bonchev–Trinajstić information content (AvgIpc) is 2.79. The molecule has 0 bridgehead atoms. The molecule has 0 fully saturated rings. The van der Waals surface area contributed by atoms with E-state index in [-0.39, 0.29) is 0 Å². The number of carbonyl (C=O) groups is 3. The molecule has 0 aliphatic carbocycles. The topological polar surface area (TPSA) is 63.7 Å². The van der Waals surface area contributed by atoms with E-state index in [1.165, 1.54) is 7.11 Å². The lowest BCUT2D eigenvalue weighted by Gasteiger charge is -2.23. The van der Waals surface area contributed by atoms with Crippen LogP contribution in [-0.2, 0) is 9.53 Å². The third kappa shape index (κ3) is 3.03. The number of hydrogen-bond donors (Lipinski definition) is 0. The molecule has 0 N–H and O–H groups in total. The monoisotopic (exact) mass is 303 g/mol. The molecule has 0 radical (unpaired) electrons. The highest BCUT2D eigenvalue weighted by Gasteiger charge is 2.42. The number of ether oxygens (including phenoxy) is 1. The molecule has 0 aromatic heterocycles. The van der Waals surface area contributed by atoms with Crippen molar-refractivity contribution in [3.05, 3.63) is 35.4 Å². The number of nitrogens with zero attached hydrogens (tertiary/aromatic N) is 1. The van der Waals surface area contributed by atoms with Crippen LogP contribution in [0.5, 0.6) is 0 Å². The van der Waals surface area contributed by atoms with E-state index in [1.807, 2.05) is 0 Å². The van der Waals surface area contributed by atoms with Crippen LogP contribution in [0.15, 0.2) is 24.3 Å². The second kappa shape index (κ2) is 7.20. The average molecular weight is 303 g/mol. The van der Waals surface area contributed by atoms with Crippen molar-refractivity contribution < 1.29 is 19.1 Å². The molecule has 2 amide bonds. The van der Waals surface area contributed by atoms with Gasteiger partial charge in [-0.05, 0) is 18.6 Å². The van der Waals surface area contributed by atoms with E-state index < -0.39 is 23.8 Å². The van der Waals surface area contributed by atoms with Crippen LogP contribution in [0.1, 0.15) is 59.7 Å². The van der Waals surface area contributed by atoms with Gasteiger partial charge >= 0.3 is 5.97 Å². The molecule has 1 heterocycles. The lowest BCUT2D eigenvalue weighted by molar-refractivity contribution is -0.145. The normalized spacial score (nSPS) is 14.9. The summed E-state index contributed by atoms with van der Waals surface area (Å²) < 4.78 is 4.79. The lowest BCUT2D eigenvalue weighted by Crippen LogP contribution is -2.45. The molecule has 1 aliphatic heterocycles. The number of fused-ring (bicyclic) bond motifs is 1. The van der Waals surface area contributed by atoms with Crippen LogP contribution in [0, 0.1) is 0 Å². The largest absolute Gasteiger partial charge is 0.467 e. The maximum absolute atomic E-state index is 12.5. The van der Waals surface area contributed by atoms with Crippen molar-refractivity contribution in [2.45, 2.75) is 45.1 Å². The third-order valence-electron chi connectivity index (χ3n) is 3.94. The first-order valence-electron chi connectivity index (χ1n) is 7.66. The van der Waals surface area contributed by atoms with Crippen LogP contribution in [0.2, 0.25) is 0 Å². The van der Waals surface area contributed by atoms with Gasteiger partial charge in [0.05, 0.1) is 18.2 Å². The Morgan fingerprint density at radius 2 is 1.68 bits per heavy atom. The van der Waals surface area contributed by atoms with Gasteiger partial charge in [-0.1, -0.05) is 44.7 Å². The second-order valence-electron chi connectivity index (χ2n) is 5.41. The number of benzene rings is 1. The summed E-state index contributed by atoms with van der Waals surface area (Å²) in [6, 6.07) is 5.81. The molecule has 22 heavy (non-hydrogen) atoms. The summed E-state index contributed by atoms with van der Waals surface area (Å²) in [5.74, 6) is -1.36. The molecule has 118 valence electrons. The summed E-state index contributed by atoms with van der Waals surface area (Å²) in [7, 11) is 1.28. The number of rotatable bonds is 7. The van der Waals surface area contributed by atoms with Crippen LogP contribution in [0.25, 0.3) is 0 Å². The molecular weight excluding hydrogens is 282 g/mol. The molecule has 1 atom stereocenters. The molecule has 0 saturated heterocycles. The molecule has 0 spiro atoms. The molecule has 1 aromatic rings. The van der Waals surface area contributed by atoms with E-state index in [9.17, 15) is 14.4 Å². The number of methoxy groups -OCH3 is 1. The Kier molecular flexibility index (Phi) is 5.31. The van der Waals surface area contributed by atoms with Gasteiger partial charge in [-0.3, -0.25) is 14.5 Å². The van der Waals surface area contributed by atoms with E-state index in [0.717, 1.165) is 30.6 Å². The van der Waals surface area contributed by atoms with Crippen molar-refractivity contribution in [1.29, 1.82) is 0 Å². The summed E-state index contributed by atoms with van der Waals surface area (Å²) in [5, 5.41) is 0. The van der Waals surface area contributed by atoms with Gasteiger partial charge < -0.3 is 4.74 Å². The fraction of sp³-hybridized carbons (Fsp3) is 0.471.